The molecule has 2 rings (SSSR count). The number of halogens is 2. The van der Waals surface area contributed by atoms with Gasteiger partial charge in [0.05, 0.1) is 0 Å². The average Bonchev–Trinajstić information content (AvgIpc) is 2.47. The number of rotatable bonds is 3. The summed E-state index contributed by atoms with van der Waals surface area (Å²) >= 11 is 6.87. The molecule has 0 fully saturated rings. The summed E-state index contributed by atoms with van der Waals surface area (Å²) in [7, 11) is -2.87. The molecule has 4 heteroatoms. The second-order valence-electron chi connectivity index (χ2n) is 5.27. The lowest BCUT2D eigenvalue weighted by atomic mass is 10.4. The van der Waals surface area contributed by atoms with Gasteiger partial charge in [-0.15, -0.1) is 5.73 Å². The highest BCUT2D eigenvalue weighted by atomic mass is 79.9. The van der Waals surface area contributed by atoms with E-state index in [1.54, 1.807) is 0 Å². The van der Waals surface area contributed by atoms with E-state index in [4.69, 9.17) is 0 Å². The molecule has 0 aromatic heterocycles. The van der Waals surface area contributed by atoms with Gasteiger partial charge in [0.2, 0.25) is 0 Å². The predicted octanol–water partition coefficient (Wildman–Crippen LogP) is 5.99. The molecule has 114 valence electrons. The molecule has 0 amide bonds. The van der Waals surface area contributed by atoms with Crippen molar-refractivity contribution in [2.75, 3.05) is 0 Å². The SMILES string of the molecule is CC(C)=C=C(C)P(=O)(c1ccc(Br)cc1)c1ccc(Br)cc1. The van der Waals surface area contributed by atoms with Crippen LogP contribution in [0.2, 0.25) is 0 Å². The van der Waals surface area contributed by atoms with Crippen molar-refractivity contribution in [3.05, 3.63) is 74.1 Å². The molecule has 0 atom stereocenters. The average molecular weight is 440 g/mol. The van der Waals surface area contributed by atoms with Crippen LogP contribution in [-0.2, 0) is 4.57 Å². The minimum Gasteiger partial charge on any atom is -0.308 e. The molecular weight excluding hydrogens is 423 g/mol. The molecule has 0 heterocycles. The molecule has 2 aromatic carbocycles. The van der Waals surface area contributed by atoms with Gasteiger partial charge < -0.3 is 4.57 Å². The van der Waals surface area contributed by atoms with Crippen LogP contribution < -0.4 is 10.6 Å². The van der Waals surface area contributed by atoms with E-state index in [2.05, 4.69) is 37.6 Å². The highest BCUT2D eigenvalue weighted by Gasteiger charge is 2.29. The number of allylic oxidation sites excluding steroid dienone is 1. The zero-order valence-electron chi connectivity index (χ0n) is 12.7. The monoisotopic (exact) mass is 438 g/mol. The topological polar surface area (TPSA) is 17.1 Å². The van der Waals surface area contributed by atoms with Crippen molar-refractivity contribution in [1.82, 2.24) is 0 Å². The minimum absolute atomic E-state index is 0.775. The zero-order valence-corrected chi connectivity index (χ0v) is 16.8. The van der Waals surface area contributed by atoms with Gasteiger partial charge in [0.1, 0.15) is 0 Å². The van der Waals surface area contributed by atoms with E-state index < -0.39 is 7.14 Å². The summed E-state index contributed by atoms with van der Waals surface area (Å²) in [5, 5.41) is 2.42. The van der Waals surface area contributed by atoms with Crippen LogP contribution in [0, 0.1) is 0 Å². The molecule has 0 aliphatic rings. The van der Waals surface area contributed by atoms with E-state index >= 15 is 0 Å². The second-order valence-corrected chi connectivity index (χ2v) is 10.0. The molecule has 1 nitrogen and oxygen atoms in total. The Balaban J connectivity index is 2.75. The van der Waals surface area contributed by atoms with Crippen LogP contribution in [0.4, 0.5) is 0 Å². The van der Waals surface area contributed by atoms with Crippen molar-refractivity contribution < 1.29 is 4.57 Å². The van der Waals surface area contributed by atoms with E-state index in [0.29, 0.717) is 0 Å². The van der Waals surface area contributed by atoms with E-state index in [9.17, 15) is 4.57 Å². The molecule has 0 spiro atoms. The maximum Gasteiger partial charge on any atom is 0.174 e. The molecule has 22 heavy (non-hydrogen) atoms. The lowest BCUT2D eigenvalue weighted by Gasteiger charge is -2.19. The van der Waals surface area contributed by atoms with Crippen molar-refractivity contribution in [1.29, 1.82) is 0 Å². The van der Waals surface area contributed by atoms with Crippen LogP contribution in [0.3, 0.4) is 0 Å². The molecule has 0 bridgehead atoms. The maximum absolute atomic E-state index is 13.9. The fraction of sp³-hybridized carbons (Fsp3) is 0.167. The summed E-state index contributed by atoms with van der Waals surface area (Å²) in [6, 6.07) is 15.4. The Bertz CT molecular complexity index is 729. The molecule has 0 aliphatic carbocycles. The summed E-state index contributed by atoms with van der Waals surface area (Å²) < 4.78 is 15.9. The van der Waals surface area contributed by atoms with Crippen LogP contribution in [-0.4, -0.2) is 0 Å². The summed E-state index contributed by atoms with van der Waals surface area (Å²) in [6.45, 7) is 5.84. The largest absolute Gasteiger partial charge is 0.308 e. The van der Waals surface area contributed by atoms with Crippen LogP contribution >= 0.6 is 39.0 Å². The number of hydrogen-bond donors (Lipinski definition) is 0. The Morgan fingerprint density at radius 1 is 0.818 bits per heavy atom. The van der Waals surface area contributed by atoms with Gasteiger partial charge in [-0.05, 0) is 74.9 Å². The van der Waals surface area contributed by atoms with Gasteiger partial charge in [-0.1, -0.05) is 31.9 Å². The standard InChI is InChI=1S/C18H17Br2OP/c1-13(2)12-14(3)22(21,17-8-4-15(19)5-9-17)18-10-6-16(20)7-11-18/h4-11H,1-3H3. The van der Waals surface area contributed by atoms with Crippen LogP contribution in [0.5, 0.6) is 0 Å². The Morgan fingerprint density at radius 2 is 1.18 bits per heavy atom. The summed E-state index contributed by atoms with van der Waals surface area (Å²) in [6.07, 6.45) is 0. The second kappa shape index (κ2) is 7.15. The van der Waals surface area contributed by atoms with E-state index in [1.807, 2.05) is 69.3 Å². The molecule has 0 N–H and O–H groups in total. The van der Waals surface area contributed by atoms with Gasteiger partial charge in [0.25, 0.3) is 0 Å². The minimum atomic E-state index is -2.87. The highest BCUT2D eigenvalue weighted by Crippen LogP contribution is 2.51. The fourth-order valence-electron chi connectivity index (χ4n) is 2.28. The predicted molar refractivity (Wildman–Crippen MR) is 103 cm³/mol. The van der Waals surface area contributed by atoms with Crippen molar-refractivity contribution in [2.24, 2.45) is 0 Å². The molecular formula is C18H17Br2OP. The third-order valence-electron chi connectivity index (χ3n) is 3.28. The van der Waals surface area contributed by atoms with Gasteiger partial charge in [0.15, 0.2) is 7.14 Å². The molecule has 0 aliphatic heterocycles. The van der Waals surface area contributed by atoms with Crippen molar-refractivity contribution in [2.45, 2.75) is 20.8 Å². The lowest BCUT2D eigenvalue weighted by Crippen LogP contribution is -2.16. The quantitative estimate of drug-likeness (QED) is 0.423. The first kappa shape index (κ1) is 17.5. The van der Waals surface area contributed by atoms with Crippen LogP contribution in [0.1, 0.15) is 20.8 Å². The van der Waals surface area contributed by atoms with Crippen molar-refractivity contribution >= 4 is 49.6 Å². The lowest BCUT2D eigenvalue weighted by molar-refractivity contribution is 0.590. The summed E-state index contributed by atoms with van der Waals surface area (Å²) in [4.78, 5) is 0. The first-order valence-electron chi connectivity index (χ1n) is 6.87. The normalized spacial score (nSPS) is 11.0. The van der Waals surface area contributed by atoms with E-state index in [-0.39, 0.29) is 0 Å². The Morgan fingerprint density at radius 3 is 1.50 bits per heavy atom. The smallest absolute Gasteiger partial charge is 0.174 e. The Labute approximate surface area is 148 Å². The number of hydrogen-bond acceptors (Lipinski definition) is 1. The Hall–Kier alpha value is -0.850. The van der Waals surface area contributed by atoms with Crippen LogP contribution in [0.15, 0.2) is 74.1 Å². The summed E-state index contributed by atoms with van der Waals surface area (Å²) in [5.41, 5.74) is 4.28. The van der Waals surface area contributed by atoms with Gasteiger partial charge >= 0.3 is 0 Å². The first-order chi connectivity index (χ1) is 10.3. The molecule has 0 unspecified atom stereocenters. The molecule has 0 saturated heterocycles. The molecule has 0 radical (unpaired) electrons. The third kappa shape index (κ3) is 3.73. The fourth-order valence-corrected chi connectivity index (χ4v) is 5.40. The van der Waals surface area contributed by atoms with Gasteiger partial charge in [-0.3, -0.25) is 0 Å². The third-order valence-corrected chi connectivity index (χ3v) is 7.45. The van der Waals surface area contributed by atoms with Gasteiger partial charge in [-0.2, -0.15) is 0 Å². The zero-order chi connectivity index (χ0) is 16.3. The molecule has 0 saturated carbocycles. The van der Waals surface area contributed by atoms with E-state index in [0.717, 1.165) is 30.4 Å². The first-order valence-corrected chi connectivity index (χ1v) is 10.2. The maximum atomic E-state index is 13.9. The summed E-state index contributed by atoms with van der Waals surface area (Å²) in [5.74, 6) is 0. The van der Waals surface area contributed by atoms with Gasteiger partial charge in [0, 0.05) is 24.9 Å². The number of benzene rings is 2. The Kier molecular flexibility index (Phi) is 5.69. The molecule has 2 aromatic rings. The van der Waals surface area contributed by atoms with Crippen molar-refractivity contribution in [3.8, 4) is 0 Å². The van der Waals surface area contributed by atoms with Gasteiger partial charge in [-0.25, -0.2) is 0 Å². The highest BCUT2D eigenvalue weighted by molar-refractivity contribution is 9.10. The van der Waals surface area contributed by atoms with E-state index in [1.165, 1.54) is 0 Å². The van der Waals surface area contributed by atoms with Crippen LogP contribution in [0.25, 0.3) is 0 Å². The van der Waals surface area contributed by atoms with Crippen molar-refractivity contribution in [3.63, 3.8) is 0 Å².